The van der Waals surface area contributed by atoms with E-state index < -0.39 is 30.1 Å². The van der Waals surface area contributed by atoms with Crippen molar-refractivity contribution < 1.29 is 23.6 Å². The number of urea groups is 1. The second-order valence-corrected chi connectivity index (χ2v) is 15.1. The Morgan fingerprint density at radius 1 is 1.02 bits per heavy atom. The van der Waals surface area contributed by atoms with Gasteiger partial charge in [0.15, 0.2) is 5.65 Å². The first-order valence-corrected chi connectivity index (χ1v) is 19.6. The molecule has 1 saturated carbocycles. The Morgan fingerprint density at radius 3 is 2.55 bits per heavy atom. The number of amides is 5. The average molecular weight is 797 g/mol. The highest BCUT2D eigenvalue weighted by molar-refractivity contribution is 6.01. The summed E-state index contributed by atoms with van der Waals surface area (Å²) in [6.07, 6.45) is 6.29. The maximum atomic E-state index is 13.7. The highest BCUT2D eigenvalue weighted by Crippen LogP contribution is 2.28. The smallest absolute Gasteiger partial charge is 0.329 e. The number of aromatic nitrogens is 6. The van der Waals surface area contributed by atoms with Gasteiger partial charge in [-0.1, -0.05) is 6.07 Å². The number of benzene rings is 1. The molecule has 304 valence electrons. The van der Waals surface area contributed by atoms with Gasteiger partial charge >= 0.3 is 11.7 Å². The standard InChI is InChI=1S/C39H45FN12O6/c1-41-32-20-31(46-34-24(21-43-52(32)34)35(54)45-27-19-25(27)40)44-26-7-5-15-50(37(26)56)23-12-16-49(17-13-23)38(57)42-14-4-3-6-22-8-9-28-30(18-22)48(2)39(58)51(28)29-10-11-33(53)47-36(29)55/h5,7-9,15,18,20-21,23,25,27,29,41H,3-4,6,10-14,16-17,19H2,1-2H3,(H,42,57)(H,44,46)(H,45,54)(H,47,53,55). The van der Waals surface area contributed by atoms with Gasteiger partial charge in [-0.05, 0) is 68.4 Å². The number of alkyl halides is 1. The monoisotopic (exact) mass is 796 g/mol. The maximum Gasteiger partial charge on any atom is 0.329 e. The molecular formula is C39H45FN12O6. The summed E-state index contributed by atoms with van der Waals surface area (Å²) in [5.41, 5.74) is 2.56. The Kier molecular flexibility index (Phi) is 10.4. The summed E-state index contributed by atoms with van der Waals surface area (Å²) in [4.78, 5) is 83.1. The summed E-state index contributed by atoms with van der Waals surface area (Å²) in [6.45, 7) is 1.47. The van der Waals surface area contributed by atoms with E-state index in [2.05, 4.69) is 36.7 Å². The summed E-state index contributed by atoms with van der Waals surface area (Å²) in [6, 6.07) is 9.33. The van der Waals surface area contributed by atoms with Crippen molar-refractivity contribution in [2.75, 3.05) is 37.3 Å². The highest BCUT2D eigenvalue weighted by atomic mass is 19.1. The zero-order chi connectivity index (χ0) is 40.7. The number of rotatable bonds is 12. The van der Waals surface area contributed by atoms with Crippen molar-refractivity contribution in [3.8, 4) is 0 Å². The van der Waals surface area contributed by atoms with Crippen LogP contribution in [0.1, 0.15) is 73.0 Å². The first-order valence-electron chi connectivity index (χ1n) is 19.6. The molecule has 1 aromatic carbocycles. The minimum Gasteiger partial charge on any atom is -0.373 e. The normalized spacial score (nSPS) is 19.6. The van der Waals surface area contributed by atoms with Crippen LogP contribution >= 0.6 is 0 Å². The Labute approximate surface area is 330 Å². The number of carbonyl (C=O) groups excluding carboxylic acids is 4. The maximum absolute atomic E-state index is 13.7. The number of unbranched alkanes of at least 4 members (excludes halogenated alkanes) is 1. The number of anilines is 3. The topological polar surface area (TPSA) is 211 Å². The number of nitrogens with zero attached hydrogens (tertiary/aromatic N) is 7. The molecule has 3 aliphatic rings. The van der Waals surface area contributed by atoms with E-state index in [-0.39, 0.29) is 59.7 Å². The van der Waals surface area contributed by atoms with Gasteiger partial charge in [0.1, 0.15) is 35.1 Å². The second-order valence-electron chi connectivity index (χ2n) is 15.1. The molecule has 5 N–H and O–H groups in total. The van der Waals surface area contributed by atoms with E-state index in [1.807, 2.05) is 18.2 Å². The number of aryl methyl sites for hydroxylation is 2. The first kappa shape index (κ1) is 38.3. The lowest BCUT2D eigenvalue weighted by atomic mass is 10.0. The van der Waals surface area contributed by atoms with E-state index in [9.17, 15) is 33.2 Å². The molecule has 2 saturated heterocycles. The van der Waals surface area contributed by atoms with E-state index in [0.29, 0.717) is 60.8 Å². The third-order valence-corrected chi connectivity index (χ3v) is 11.2. The van der Waals surface area contributed by atoms with Crippen LogP contribution in [0.15, 0.2) is 58.4 Å². The van der Waals surface area contributed by atoms with Gasteiger partial charge in [0.05, 0.1) is 23.3 Å². The fourth-order valence-corrected chi connectivity index (χ4v) is 7.86. The Balaban J connectivity index is 0.826. The van der Waals surface area contributed by atoms with Gasteiger partial charge < -0.3 is 30.7 Å². The van der Waals surface area contributed by atoms with Crippen LogP contribution in [0.25, 0.3) is 16.7 Å². The molecule has 4 aromatic heterocycles. The zero-order valence-corrected chi connectivity index (χ0v) is 32.2. The van der Waals surface area contributed by atoms with Crippen LogP contribution in [-0.2, 0) is 23.1 Å². The predicted molar refractivity (Wildman–Crippen MR) is 212 cm³/mol. The number of halogens is 1. The number of carbonyl (C=O) groups is 4. The number of imide groups is 1. The first-order chi connectivity index (χ1) is 28.0. The van der Waals surface area contributed by atoms with Gasteiger partial charge in [0.2, 0.25) is 11.8 Å². The van der Waals surface area contributed by atoms with Crippen LogP contribution in [0.3, 0.4) is 0 Å². The van der Waals surface area contributed by atoms with Crippen LogP contribution in [0, 0.1) is 0 Å². The minimum atomic E-state index is -1.05. The summed E-state index contributed by atoms with van der Waals surface area (Å²) in [5, 5.41) is 18.4. The lowest BCUT2D eigenvalue weighted by Crippen LogP contribution is -2.45. The van der Waals surface area contributed by atoms with Crippen LogP contribution in [0.5, 0.6) is 0 Å². The number of fused-ring (bicyclic) bond motifs is 2. The van der Waals surface area contributed by atoms with Crippen LogP contribution in [0.2, 0.25) is 0 Å². The van der Waals surface area contributed by atoms with Crippen molar-refractivity contribution in [3.63, 3.8) is 0 Å². The number of imidazole rings is 1. The minimum absolute atomic E-state index is 0.119. The molecule has 3 fully saturated rings. The molecule has 5 aromatic rings. The Bertz CT molecular complexity index is 2550. The third-order valence-electron chi connectivity index (χ3n) is 11.2. The number of piperidine rings is 2. The SMILES string of the molecule is CNc1cc(Nc2cccn(C3CCN(C(=O)NCCCCc4ccc5c(c4)n(C)c(=O)n5C4CCC(=O)NC4=O)CC3)c2=O)nc2c(C(=O)NC3CC3F)cnn12. The molecule has 0 bridgehead atoms. The summed E-state index contributed by atoms with van der Waals surface area (Å²) >= 11 is 0. The molecule has 0 radical (unpaired) electrons. The van der Waals surface area contributed by atoms with Crippen molar-refractivity contribution in [1.29, 1.82) is 0 Å². The van der Waals surface area contributed by atoms with E-state index in [0.717, 1.165) is 24.8 Å². The summed E-state index contributed by atoms with van der Waals surface area (Å²) in [7, 11) is 3.37. The van der Waals surface area contributed by atoms with Gasteiger partial charge in [0.25, 0.3) is 11.5 Å². The van der Waals surface area contributed by atoms with Crippen molar-refractivity contribution in [1.82, 2.24) is 49.1 Å². The largest absolute Gasteiger partial charge is 0.373 e. The number of nitrogens with one attached hydrogen (secondary N) is 5. The van der Waals surface area contributed by atoms with Crippen molar-refractivity contribution in [3.05, 3.63) is 80.8 Å². The highest BCUT2D eigenvalue weighted by Gasteiger charge is 2.39. The molecule has 0 spiro atoms. The molecule has 6 heterocycles. The predicted octanol–water partition coefficient (Wildman–Crippen LogP) is 2.52. The number of pyridine rings is 1. The van der Waals surface area contributed by atoms with Gasteiger partial charge in [-0.25, -0.2) is 19.0 Å². The summed E-state index contributed by atoms with van der Waals surface area (Å²) < 4.78 is 19.6. The molecule has 58 heavy (non-hydrogen) atoms. The third kappa shape index (κ3) is 7.50. The van der Waals surface area contributed by atoms with Gasteiger partial charge in [-0.2, -0.15) is 9.61 Å². The second kappa shape index (κ2) is 15.8. The molecule has 2 aliphatic heterocycles. The molecule has 1 aliphatic carbocycles. The van der Waals surface area contributed by atoms with Gasteiger partial charge in [-0.15, -0.1) is 0 Å². The molecule has 18 nitrogen and oxygen atoms in total. The molecule has 8 rings (SSSR count). The summed E-state index contributed by atoms with van der Waals surface area (Å²) in [5.74, 6) is -0.431. The van der Waals surface area contributed by atoms with E-state index in [4.69, 9.17) is 0 Å². The lowest BCUT2D eigenvalue weighted by molar-refractivity contribution is -0.135. The van der Waals surface area contributed by atoms with E-state index in [1.54, 1.807) is 48.0 Å². The fourth-order valence-electron chi connectivity index (χ4n) is 7.86. The van der Waals surface area contributed by atoms with Crippen molar-refractivity contribution >= 4 is 57.8 Å². The van der Waals surface area contributed by atoms with Crippen molar-refractivity contribution in [2.24, 2.45) is 7.05 Å². The Morgan fingerprint density at radius 2 is 1.81 bits per heavy atom. The number of hydrogen-bond donors (Lipinski definition) is 5. The molecule has 3 unspecified atom stereocenters. The molecule has 19 heteroatoms. The molecule has 5 amide bonds. The fraction of sp³-hybridized carbons (Fsp3) is 0.436. The quantitative estimate of drug-likeness (QED) is 0.0920. The molecule has 3 atom stereocenters. The number of hydrogen-bond acceptors (Lipinski definition) is 10. The van der Waals surface area contributed by atoms with E-state index in [1.165, 1.54) is 19.8 Å². The average Bonchev–Trinajstić information content (AvgIpc) is 3.63. The van der Waals surface area contributed by atoms with Crippen molar-refractivity contribution in [2.45, 2.75) is 75.7 Å². The zero-order valence-electron chi connectivity index (χ0n) is 32.2. The van der Waals surface area contributed by atoms with E-state index >= 15 is 0 Å². The Hall–Kier alpha value is -6.53. The molecular weight excluding hydrogens is 752 g/mol. The lowest BCUT2D eigenvalue weighted by Gasteiger charge is -2.33. The van der Waals surface area contributed by atoms with Crippen LogP contribution < -0.4 is 37.8 Å². The van der Waals surface area contributed by atoms with Gasteiger partial charge in [0, 0.05) is 64.9 Å². The van der Waals surface area contributed by atoms with Crippen LogP contribution in [0.4, 0.5) is 26.5 Å². The number of likely N-dealkylation sites (tertiary alicyclic amines) is 1. The van der Waals surface area contributed by atoms with Crippen LogP contribution in [-0.4, -0.2) is 95.8 Å². The van der Waals surface area contributed by atoms with Gasteiger partial charge in [-0.3, -0.25) is 33.6 Å².